The molecule has 1 heterocycles. The van der Waals surface area contributed by atoms with E-state index < -0.39 is 0 Å². The minimum absolute atomic E-state index is 0.171. The van der Waals surface area contributed by atoms with Crippen molar-refractivity contribution >= 4 is 5.84 Å². The summed E-state index contributed by atoms with van der Waals surface area (Å²) in [5.41, 5.74) is 6.05. The standard InChI is InChI=1S/C5H8N4O/c6-5(9-10)3-4-1-2-7-8-4/h1-2,10H,3H2,(H2,6,9)(H,7,8). The average Bonchev–Trinajstić information content (AvgIpc) is 2.40. The van der Waals surface area contributed by atoms with Crippen molar-refractivity contribution in [2.75, 3.05) is 0 Å². The van der Waals surface area contributed by atoms with Crippen molar-refractivity contribution in [1.82, 2.24) is 10.2 Å². The Hall–Kier alpha value is -1.52. The van der Waals surface area contributed by atoms with Crippen LogP contribution < -0.4 is 5.73 Å². The van der Waals surface area contributed by atoms with Crippen LogP contribution in [0.4, 0.5) is 0 Å². The zero-order chi connectivity index (χ0) is 7.40. The molecule has 54 valence electrons. The number of amidine groups is 1. The van der Waals surface area contributed by atoms with Crippen LogP contribution in [-0.2, 0) is 6.42 Å². The molecular formula is C5H8N4O. The van der Waals surface area contributed by atoms with Crippen LogP contribution in [0, 0.1) is 0 Å². The molecule has 0 amide bonds. The van der Waals surface area contributed by atoms with E-state index in [4.69, 9.17) is 10.9 Å². The van der Waals surface area contributed by atoms with Gasteiger partial charge in [-0.25, -0.2) is 0 Å². The number of nitrogens with one attached hydrogen (secondary N) is 1. The second-order valence-electron chi connectivity index (χ2n) is 1.85. The Labute approximate surface area is 57.5 Å². The van der Waals surface area contributed by atoms with Gasteiger partial charge in [0.25, 0.3) is 0 Å². The van der Waals surface area contributed by atoms with Gasteiger partial charge in [0.1, 0.15) is 5.84 Å². The van der Waals surface area contributed by atoms with Gasteiger partial charge in [0, 0.05) is 11.9 Å². The Bertz CT molecular complexity index is 216. The van der Waals surface area contributed by atoms with Crippen LogP contribution in [0.2, 0.25) is 0 Å². The summed E-state index contributed by atoms with van der Waals surface area (Å²) in [6, 6.07) is 1.76. The third-order valence-corrected chi connectivity index (χ3v) is 1.06. The van der Waals surface area contributed by atoms with E-state index in [2.05, 4.69) is 15.4 Å². The third-order valence-electron chi connectivity index (χ3n) is 1.06. The van der Waals surface area contributed by atoms with E-state index in [9.17, 15) is 0 Å². The van der Waals surface area contributed by atoms with Crippen molar-refractivity contribution in [3.63, 3.8) is 0 Å². The van der Waals surface area contributed by atoms with Gasteiger partial charge in [0.2, 0.25) is 0 Å². The van der Waals surface area contributed by atoms with Crippen LogP contribution >= 0.6 is 0 Å². The molecule has 5 nitrogen and oxygen atoms in total. The van der Waals surface area contributed by atoms with Crippen molar-refractivity contribution in [2.45, 2.75) is 6.42 Å². The smallest absolute Gasteiger partial charge is 0.145 e. The van der Waals surface area contributed by atoms with Gasteiger partial charge < -0.3 is 10.9 Å². The minimum Gasteiger partial charge on any atom is -0.409 e. The second kappa shape index (κ2) is 2.86. The fourth-order valence-electron chi connectivity index (χ4n) is 0.614. The predicted octanol–water partition coefficient (Wildman–Crippen LogP) is -0.301. The van der Waals surface area contributed by atoms with Crippen LogP contribution in [0.15, 0.2) is 17.4 Å². The number of aromatic amines is 1. The molecule has 0 saturated carbocycles. The maximum absolute atomic E-state index is 8.16. The first-order valence-electron chi connectivity index (χ1n) is 2.77. The van der Waals surface area contributed by atoms with Crippen LogP contribution in [0.1, 0.15) is 5.69 Å². The summed E-state index contributed by atoms with van der Waals surface area (Å²) in [5.74, 6) is 0.171. The molecule has 0 spiro atoms. The van der Waals surface area contributed by atoms with Crippen LogP contribution in [0.3, 0.4) is 0 Å². The Balaban J connectivity index is 2.56. The molecule has 4 N–H and O–H groups in total. The quantitative estimate of drug-likeness (QED) is 0.228. The maximum atomic E-state index is 8.16. The average molecular weight is 140 g/mol. The summed E-state index contributed by atoms with van der Waals surface area (Å²) < 4.78 is 0. The molecule has 0 fully saturated rings. The van der Waals surface area contributed by atoms with Crippen molar-refractivity contribution in [3.8, 4) is 0 Å². The topological polar surface area (TPSA) is 87.3 Å². The highest BCUT2D eigenvalue weighted by atomic mass is 16.4. The van der Waals surface area contributed by atoms with Crippen LogP contribution in [0.5, 0.6) is 0 Å². The van der Waals surface area contributed by atoms with E-state index in [-0.39, 0.29) is 5.84 Å². The molecule has 0 aliphatic heterocycles. The highest BCUT2D eigenvalue weighted by molar-refractivity contribution is 5.81. The molecule has 0 bridgehead atoms. The van der Waals surface area contributed by atoms with Gasteiger partial charge in [0.15, 0.2) is 0 Å². The monoisotopic (exact) mass is 140 g/mol. The van der Waals surface area contributed by atoms with Crippen LogP contribution in [0.25, 0.3) is 0 Å². The van der Waals surface area contributed by atoms with Crippen molar-refractivity contribution < 1.29 is 5.21 Å². The summed E-state index contributed by atoms with van der Waals surface area (Å²) in [5, 5.41) is 17.3. The number of nitrogens with zero attached hydrogens (tertiary/aromatic N) is 2. The molecule has 1 aromatic heterocycles. The number of hydrogen-bond donors (Lipinski definition) is 3. The highest BCUT2D eigenvalue weighted by Crippen LogP contribution is 1.91. The number of aromatic nitrogens is 2. The largest absolute Gasteiger partial charge is 0.409 e. The van der Waals surface area contributed by atoms with Gasteiger partial charge in [0.05, 0.1) is 6.42 Å². The summed E-state index contributed by atoms with van der Waals surface area (Å²) in [4.78, 5) is 0. The molecule has 0 aliphatic carbocycles. The Kier molecular flexibility index (Phi) is 1.89. The molecule has 1 rings (SSSR count). The molecule has 5 heteroatoms. The lowest BCUT2D eigenvalue weighted by atomic mass is 10.3. The fourth-order valence-corrected chi connectivity index (χ4v) is 0.614. The number of H-pyrrole nitrogens is 1. The van der Waals surface area contributed by atoms with Gasteiger partial charge in [-0.15, -0.1) is 0 Å². The van der Waals surface area contributed by atoms with Gasteiger partial charge in [-0.2, -0.15) is 5.10 Å². The lowest BCUT2D eigenvalue weighted by molar-refractivity contribution is 0.317. The molecule has 1 aromatic rings. The van der Waals surface area contributed by atoms with Crippen molar-refractivity contribution in [2.24, 2.45) is 10.9 Å². The SMILES string of the molecule is N/C(Cc1ccn[nH]1)=N\O. The van der Waals surface area contributed by atoms with Crippen molar-refractivity contribution in [3.05, 3.63) is 18.0 Å². The van der Waals surface area contributed by atoms with Crippen molar-refractivity contribution in [1.29, 1.82) is 0 Å². The first kappa shape index (κ1) is 6.60. The summed E-state index contributed by atoms with van der Waals surface area (Å²) in [7, 11) is 0. The van der Waals surface area contributed by atoms with E-state index in [1.54, 1.807) is 12.3 Å². The predicted molar refractivity (Wildman–Crippen MR) is 35.7 cm³/mol. The van der Waals surface area contributed by atoms with E-state index >= 15 is 0 Å². The normalized spacial score (nSPS) is 11.8. The molecule has 0 saturated heterocycles. The summed E-state index contributed by atoms with van der Waals surface area (Å²) >= 11 is 0. The summed E-state index contributed by atoms with van der Waals surface area (Å²) in [6.07, 6.45) is 2.01. The highest BCUT2D eigenvalue weighted by Gasteiger charge is 1.96. The van der Waals surface area contributed by atoms with E-state index in [1.165, 1.54) is 0 Å². The zero-order valence-electron chi connectivity index (χ0n) is 5.28. The number of nitrogens with two attached hydrogens (primary N) is 1. The zero-order valence-corrected chi connectivity index (χ0v) is 5.28. The number of oxime groups is 1. The minimum atomic E-state index is 0.171. The van der Waals surface area contributed by atoms with E-state index in [0.717, 1.165) is 5.69 Å². The lowest BCUT2D eigenvalue weighted by Gasteiger charge is -1.91. The molecule has 10 heavy (non-hydrogen) atoms. The van der Waals surface area contributed by atoms with Gasteiger partial charge in [-0.1, -0.05) is 5.16 Å². The molecular weight excluding hydrogens is 132 g/mol. The third kappa shape index (κ3) is 1.48. The first-order valence-corrected chi connectivity index (χ1v) is 2.77. The maximum Gasteiger partial charge on any atom is 0.145 e. The van der Waals surface area contributed by atoms with Crippen LogP contribution in [-0.4, -0.2) is 21.2 Å². The first-order chi connectivity index (χ1) is 4.83. The molecule has 0 unspecified atom stereocenters. The van der Waals surface area contributed by atoms with E-state index in [1.807, 2.05) is 0 Å². The Morgan fingerprint density at radius 1 is 1.90 bits per heavy atom. The van der Waals surface area contributed by atoms with Gasteiger partial charge in [-0.3, -0.25) is 5.10 Å². The second-order valence-corrected chi connectivity index (χ2v) is 1.85. The molecule has 0 aliphatic rings. The molecule has 0 aromatic carbocycles. The number of rotatable bonds is 2. The van der Waals surface area contributed by atoms with Gasteiger partial charge >= 0.3 is 0 Å². The molecule has 0 radical (unpaired) electrons. The fraction of sp³-hybridized carbons (Fsp3) is 0.200. The van der Waals surface area contributed by atoms with E-state index in [0.29, 0.717) is 6.42 Å². The Morgan fingerprint density at radius 2 is 2.70 bits per heavy atom. The van der Waals surface area contributed by atoms with Gasteiger partial charge in [-0.05, 0) is 6.07 Å². The summed E-state index contributed by atoms with van der Waals surface area (Å²) in [6.45, 7) is 0. The Morgan fingerprint density at radius 3 is 3.20 bits per heavy atom. The number of hydrogen-bond acceptors (Lipinski definition) is 3. The molecule has 0 atom stereocenters. The lowest BCUT2D eigenvalue weighted by Crippen LogP contribution is -2.14.